The Morgan fingerprint density at radius 3 is 2.58 bits per heavy atom. The topological polar surface area (TPSA) is 44.1 Å². The van der Waals surface area contributed by atoms with E-state index in [1.54, 1.807) is 0 Å². The normalized spacial score (nSPS) is 11.1. The molecule has 0 spiro atoms. The zero-order valence-electron chi connectivity index (χ0n) is 14.1. The van der Waals surface area contributed by atoms with Crippen molar-refractivity contribution in [3.05, 3.63) is 59.9 Å². The molecule has 0 fully saturated rings. The van der Waals surface area contributed by atoms with E-state index in [2.05, 4.69) is 31.0 Å². The average molecular weight is 322 g/mol. The molecule has 0 radical (unpaired) electrons. The lowest BCUT2D eigenvalue weighted by Gasteiger charge is -2.10. The standard InChI is InChI=1S/C20H22N2O2/c1-15(2)16-8-10-17(11-9-16)24-13-5-12-22-19-7-4-3-6-18(19)21-20(22)14-23/h3-4,6-11,14-15H,5,12-13H2,1-2H3. The molecule has 0 amide bonds. The monoisotopic (exact) mass is 322 g/mol. The number of nitrogens with zero attached hydrogens (tertiary/aromatic N) is 2. The summed E-state index contributed by atoms with van der Waals surface area (Å²) in [4.78, 5) is 15.6. The van der Waals surface area contributed by atoms with Gasteiger partial charge in [-0.05, 0) is 42.2 Å². The third-order valence-electron chi connectivity index (χ3n) is 4.13. The van der Waals surface area contributed by atoms with Crippen LogP contribution in [0.4, 0.5) is 0 Å². The van der Waals surface area contributed by atoms with Crippen LogP contribution in [-0.2, 0) is 6.54 Å². The number of aryl methyl sites for hydroxylation is 1. The van der Waals surface area contributed by atoms with Crippen molar-refractivity contribution in [3.63, 3.8) is 0 Å². The van der Waals surface area contributed by atoms with Crippen molar-refractivity contribution in [1.29, 1.82) is 0 Å². The molecular formula is C20H22N2O2. The predicted molar refractivity (Wildman–Crippen MR) is 95.8 cm³/mol. The number of benzene rings is 2. The van der Waals surface area contributed by atoms with E-state index in [1.807, 2.05) is 41.0 Å². The van der Waals surface area contributed by atoms with E-state index in [9.17, 15) is 4.79 Å². The van der Waals surface area contributed by atoms with Gasteiger partial charge in [0.15, 0.2) is 12.1 Å². The summed E-state index contributed by atoms with van der Waals surface area (Å²) in [5.74, 6) is 1.87. The number of rotatable bonds is 7. The number of hydrogen-bond donors (Lipinski definition) is 0. The third-order valence-corrected chi connectivity index (χ3v) is 4.13. The fourth-order valence-corrected chi connectivity index (χ4v) is 2.78. The van der Waals surface area contributed by atoms with Crippen molar-refractivity contribution in [3.8, 4) is 5.75 Å². The number of fused-ring (bicyclic) bond motifs is 1. The van der Waals surface area contributed by atoms with Gasteiger partial charge in [0.25, 0.3) is 0 Å². The van der Waals surface area contributed by atoms with Crippen molar-refractivity contribution in [1.82, 2.24) is 9.55 Å². The van der Waals surface area contributed by atoms with Gasteiger partial charge in [0, 0.05) is 6.54 Å². The number of ether oxygens (including phenoxy) is 1. The van der Waals surface area contributed by atoms with Crippen molar-refractivity contribution >= 4 is 17.3 Å². The maximum absolute atomic E-state index is 11.2. The Kier molecular flexibility index (Phi) is 4.94. The molecule has 4 heteroatoms. The highest BCUT2D eigenvalue weighted by molar-refractivity contribution is 5.82. The summed E-state index contributed by atoms with van der Waals surface area (Å²) in [6.45, 7) is 5.66. The van der Waals surface area contributed by atoms with Crippen molar-refractivity contribution < 1.29 is 9.53 Å². The number of carbonyl (C=O) groups is 1. The maximum atomic E-state index is 11.2. The minimum Gasteiger partial charge on any atom is -0.494 e. The fraction of sp³-hybridized carbons (Fsp3) is 0.300. The highest BCUT2D eigenvalue weighted by Gasteiger charge is 2.09. The molecule has 124 valence electrons. The molecule has 1 aromatic heterocycles. The minimum absolute atomic E-state index is 0.470. The Morgan fingerprint density at radius 2 is 1.88 bits per heavy atom. The van der Waals surface area contributed by atoms with Crippen LogP contribution in [0.3, 0.4) is 0 Å². The molecule has 0 unspecified atom stereocenters. The summed E-state index contributed by atoms with van der Waals surface area (Å²) in [6.07, 6.45) is 1.62. The lowest BCUT2D eigenvalue weighted by Crippen LogP contribution is -2.07. The lowest BCUT2D eigenvalue weighted by molar-refractivity contribution is 0.111. The third kappa shape index (κ3) is 3.48. The number of para-hydroxylation sites is 2. The number of carbonyl (C=O) groups excluding carboxylic acids is 1. The van der Waals surface area contributed by atoms with E-state index >= 15 is 0 Å². The number of imidazole rings is 1. The van der Waals surface area contributed by atoms with Crippen molar-refractivity contribution in [2.24, 2.45) is 0 Å². The molecule has 0 bridgehead atoms. The SMILES string of the molecule is CC(C)c1ccc(OCCCn2c(C=O)nc3ccccc32)cc1. The fourth-order valence-electron chi connectivity index (χ4n) is 2.78. The van der Waals surface area contributed by atoms with E-state index in [0.717, 1.165) is 29.5 Å². The van der Waals surface area contributed by atoms with Crippen LogP contribution < -0.4 is 4.74 Å². The average Bonchev–Trinajstić information content (AvgIpc) is 2.97. The van der Waals surface area contributed by atoms with E-state index < -0.39 is 0 Å². The van der Waals surface area contributed by atoms with Crippen molar-refractivity contribution in [2.45, 2.75) is 32.7 Å². The van der Waals surface area contributed by atoms with Crippen LogP contribution in [0.1, 0.15) is 42.4 Å². The maximum Gasteiger partial charge on any atom is 0.185 e. The molecular weight excluding hydrogens is 300 g/mol. The second-order valence-electron chi connectivity index (χ2n) is 6.15. The predicted octanol–water partition coefficient (Wildman–Crippen LogP) is 4.44. The van der Waals surface area contributed by atoms with Gasteiger partial charge in [-0.3, -0.25) is 4.79 Å². The first-order valence-corrected chi connectivity index (χ1v) is 8.32. The van der Waals surface area contributed by atoms with E-state index in [-0.39, 0.29) is 0 Å². The van der Waals surface area contributed by atoms with Crippen LogP contribution in [0.15, 0.2) is 48.5 Å². The molecule has 2 aromatic carbocycles. The summed E-state index contributed by atoms with van der Waals surface area (Å²) in [5.41, 5.74) is 3.15. The zero-order chi connectivity index (χ0) is 16.9. The highest BCUT2D eigenvalue weighted by Crippen LogP contribution is 2.19. The van der Waals surface area contributed by atoms with E-state index in [0.29, 0.717) is 24.9 Å². The van der Waals surface area contributed by atoms with Gasteiger partial charge in [-0.2, -0.15) is 0 Å². The summed E-state index contributed by atoms with van der Waals surface area (Å²) >= 11 is 0. The van der Waals surface area contributed by atoms with Crippen LogP contribution in [0, 0.1) is 0 Å². The van der Waals surface area contributed by atoms with Gasteiger partial charge in [0.1, 0.15) is 5.75 Å². The summed E-state index contributed by atoms with van der Waals surface area (Å²) in [6, 6.07) is 16.0. The molecule has 0 saturated heterocycles. The smallest absolute Gasteiger partial charge is 0.185 e. The van der Waals surface area contributed by atoms with Gasteiger partial charge in [0.05, 0.1) is 17.6 Å². The molecule has 3 aromatic rings. The Labute approximate surface area is 142 Å². The van der Waals surface area contributed by atoms with Crippen LogP contribution in [0.5, 0.6) is 5.75 Å². The van der Waals surface area contributed by atoms with Gasteiger partial charge < -0.3 is 9.30 Å². The highest BCUT2D eigenvalue weighted by atomic mass is 16.5. The molecule has 3 rings (SSSR count). The van der Waals surface area contributed by atoms with Crippen molar-refractivity contribution in [2.75, 3.05) is 6.61 Å². The second kappa shape index (κ2) is 7.30. The largest absolute Gasteiger partial charge is 0.494 e. The summed E-state index contributed by atoms with van der Waals surface area (Å²) < 4.78 is 7.75. The molecule has 1 heterocycles. The van der Waals surface area contributed by atoms with Crippen LogP contribution >= 0.6 is 0 Å². The molecule has 0 N–H and O–H groups in total. The lowest BCUT2D eigenvalue weighted by atomic mass is 10.0. The zero-order valence-corrected chi connectivity index (χ0v) is 14.1. The van der Waals surface area contributed by atoms with Crippen LogP contribution in [0.25, 0.3) is 11.0 Å². The van der Waals surface area contributed by atoms with Crippen LogP contribution in [0.2, 0.25) is 0 Å². The molecule has 24 heavy (non-hydrogen) atoms. The summed E-state index contributed by atoms with van der Waals surface area (Å²) in [7, 11) is 0. The molecule has 4 nitrogen and oxygen atoms in total. The Balaban J connectivity index is 1.59. The number of aromatic nitrogens is 2. The summed E-state index contributed by atoms with van der Waals surface area (Å²) in [5, 5.41) is 0. The molecule has 0 aliphatic heterocycles. The molecule has 0 atom stereocenters. The quantitative estimate of drug-likeness (QED) is 0.477. The Hall–Kier alpha value is -2.62. The van der Waals surface area contributed by atoms with Gasteiger partial charge in [0.2, 0.25) is 0 Å². The molecule has 0 saturated carbocycles. The van der Waals surface area contributed by atoms with E-state index in [4.69, 9.17) is 4.74 Å². The van der Waals surface area contributed by atoms with Gasteiger partial charge in [-0.25, -0.2) is 4.98 Å². The van der Waals surface area contributed by atoms with E-state index in [1.165, 1.54) is 5.56 Å². The number of aldehydes is 1. The Morgan fingerprint density at radius 1 is 1.12 bits per heavy atom. The van der Waals surface area contributed by atoms with Gasteiger partial charge in [-0.1, -0.05) is 38.1 Å². The minimum atomic E-state index is 0.470. The Bertz CT molecular complexity index is 819. The van der Waals surface area contributed by atoms with Gasteiger partial charge in [-0.15, -0.1) is 0 Å². The number of hydrogen-bond acceptors (Lipinski definition) is 3. The first-order valence-electron chi connectivity index (χ1n) is 8.32. The second-order valence-corrected chi connectivity index (χ2v) is 6.15. The van der Waals surface area contributed by atoms with Crippen LogP contribution in [-0.4, -0.2) is 22.4 Å². The molecule has 0 aliphatic carbocycles. The van der Waals surface area contributed by atoms with Gasteiger partial charge >= 0.3 is 0 Å². The first kappa shape index (κ1) is 16.2. The molecule has 0 aliphatic rings. The first-order chi connectivity index (χ1) is 11.7.